The fourth-order valence-electron chi connectivity index (χ4n) is 0.248. The van der Waals surface area contributed by atoms with E-state index in [2.05, 4.69) is 6.79 Å². The highest BCUT2D eigenvalue weighted by Gasteiger charge is 1.90. The molecule has 12 heavy (non-hydrogen) atoms. The van der Waals surface area contributed by atoms with Gasteiger partial charge in [-0.3, -0.25) is 29.8 Å². The van der Waals surface area contributed by atoms with Gasteiger partial charge in [-0.1, -0.05) is 0 Å². The van der Waals surface area contributed by atoms with Gasteiger partial charge in [0, 0.05) is 19.2 Å². The first kappa shape index (κ1) is 16.7. The molecule has 0 aliphatic carbocycles. The molecule has 7 nitrogen and oxygen atoms in total. The molecule has 0 aromatic heterocycles. The van der Waals surface area contributed by atoms with E-state index >= 15 is 0 Å². The van der Waals surface area contributed by atoms with Crippen molar-refractivity contribution >= 4 is 18.6 Å². The third kappa shape index (κ3) is 87.4. The number of carbonyl (C=O) groups excluding carboxylic acids is 3. The van der Waals surface area contributed by atoms with E-state index in [0.29, 0.717) is 0 Å². The van der Waals surface area contributed by atoms with Gasteiger partial charge in [0.25, 0.3) is 0 Å². The molecule has 0 spiro atoms. The second-order valence-electron chi connectivity index (χ2n) is 1.32. The summed E-state index contributed by atoms with van der Waals surface area (Å²) in [7, 11) is 0. The lowest BCUT2D eigenvalue weighted by Crippen LogP contribution is -2.53. The maximum atomic E-state index is 9.92. The molecule has 0 unspecified atom stereocenters. The second-order valence-corrected chi connectivity index (χ2v) is 1.32. The number of imide groups is 1. The number of carbonyl (C=O) groups is 2. The summed E-state index contributed by atoms with van der Waals surface area (Å²) >= 11 is 0. The Hall–Kier alpha value is -1.79. The minimum atomic E-state index is -0.312. The molecule has 0 bridgehead atoms. The van der Waals surface area contributed by atoms with E-state index in [4.69, 9.17) is 14.9 Å². The van der Waals surface area contributed by atoms with Crippen LogP contribution in [0.2, 0.25) is 0 Å². The van der Waals surface area contributed by atoms with Crippen molar-refractivity contribution in [3.63, 3.8) is 0 Å². The van der Waals surface area contributed by atoms with E-state index in [1.54, 1.807) is 0 Å². The predicted octanol–water partition coefficient (Wildman–Crippen LogP) is -2.27. The van der Waals surface area contributed by atoms with Gasteiger partial charge in [0.05, 0.1) is 0 Å². The fraction of sp³-hybridized carbons (Fsp3) is 0.400. The summed E-state index contributed by atoms with van der Waals surface area (Å²) in [5.74, 6) is -0.625. The molecule has 0 atom stereocenters. The Labute approximate surface area is 68.7 Å². The number of rotatable bonds is 0. The van der Waals surface area contributed by atoms with Gasteiger partial charge in [0.1, 0.15) is 0 Å². The van der Waals surface area contributed by atoms with Gasteiger partial charge in [-0.05, 0) is 0 Å². The second kappa shape index (κ2) is 16.1. The average Bonchev–Trinajstić information content (AvgIpc) is 1.90. The van der Waals surface area contributed by atoms with Crippen LogP contribution in [0.1, 0.15) is 13.8 Å². The van der Waals surface area contributed by atoms with Gasteiger partial charge in [-0.25, -0.2) is 0 Å². The average molecular weight is 177 g/mol. The van der Waals surface area contributed by atoms with Crippen LogP contribution in [0.3, 0.4) is 0 Å². The Morgan fingerprint density at radius 1 is 1.25 bits per heavy atom. The summed E-state index contributed by atoms with van der Waals surface area (Å²) in [4.78, 5) is 35.7. The molecular formula is C5H9N2O5. The van der Waals surface area contributed by atoms with Crippen LogP contribution in [-0.2, 0) is 14.4 Å². The third-order valence-electron chi connectivity index (χ3n) is 0.352. The van der Waals surface area contributed by atoms with Crippen molar-refractivity contribution in [1.82, 2.24) is 5.32 Å². The number of nitrogens with one attached hydrogen (secondary N) is 2. The molecule has 0 aromatic carbocycles. The van der Waals surface area contributed by atoms with Gasteiger partial charge in [0.15, 0.2) is 6.79 Å². The molecule has 0 heterocycles. The van der Waals surface area contributed by atoms with Crippen LogP contribution >= 0.6 is 0 Å². The van der Waals surface area contributed by atoms with E-state index < -0.39 is 0 Å². The van der Waals surface area contributed by atoms with Gasteiger partial charge in [0.2, 0.25) is 11.8 Å². The van der Waals surface area contributed by atoms with Gasteiger partial charge in [-0.15, -0.1) is 0 Å². The van der Waals surface area contributed by atoms with Gasteiger partial charge < -0.3 is 0 Å². The van der Waals surface area contributed by atoms with Crippen LogP contribution in [0.5, 0.6) is 0 Å². The normalized spacial score (nSPS) is 5.83. The number of amides is 2. The Morgan fingerprint density at radius 2 is 1.42 bits per heavy atom. The largest absolute Gasteiger partial charge is 0.297 e. The first-order valence-corrected chi connectivity index (χ1v) is 2.55. The van der Waals surface area contributed by atoms with Crippen LogP contribution in [-0.4, -0.2) is 18.6 Å². The molecule has 1 radical (unpaired) electrons. The number of hydrogen-bond donors (Lipinski definition) is 2. The van der Waals surface area contributed by atoms with Crippen LogP contribution in [0.15, 0.2) is 0 Å². The predicted molar refractivity (Wildman–Crippen MR) is 38.9 cm³/mol. The molecule has 7 heteroatoms. The Kier molecular flexibility index (Phi) is 22.3. The maximum Gasteiger partial charge on any atom is 0.223 e. The summed E-state index contributed by atoms with van der Waals surface area (Å²) in [5, 5.41) is 10.4. The van der Waals surface area contributed by atoms with E-state index in [-0.39, 0.29) is 17.2 Å². The fourth-order valence-corrected chi connectivity index (χ4v) is 0.248. The summed E-state index contributed by atoms with van der Waals surface area (Å²) in [6.45, 7) is 5.84. The van der Waals surface area contributed by atoms with Crippen molar-refractivity contribution in [2.75, 3.05) is 0 Å². The van der Waals surface area contributed by atoms with Crippen molar-refractivity contribution < 1.29 is 19.7 Å². The monoisotopic (exact) mass is 177 g/mol. The summed E-state index contributed by atoms with van der Waals surface area (Å²) in [6.07, 6.45) is 0. The van der Waals surface area contributed by atoms with E-state index in [1.807, 2.05) is 5.32 Å². The van der Waals surface area contributed by atoms with Crippen molar-refractivity contribution in [3.8, 4) is 0 Å². The first-order valence-electron chi connectivity index (χ1n) is 2.55. The van der Waals surface area contributed by atoms with Crippen LogP contribution in [0, 0.1) is 10.1 Å². The lowest BCUT2D eigenvalue weighted by molar-refractivity contribution is -0.398. The molecule has 0 saturated heterocycles. The molecule has 2 amide bonds. The molecule has 69 valence electrons. The molecule has 0 aromatic rings. The quantitative estimate of drug-likeness (QED) is 0.245. The highest BCUT2D eigenvalue weighted by molar-refractivity contribution is 5.92. The topological polar surface area (TPSA) is 117 Å². The first-order chi connectivity index (χ1) is 5.54. The summed E-state index contributed by atoms with van der Waals surface area (Å²) < 4.78 is 0. The summed E-state index contributed by atoms with van der Waals surface area (Å²) in [5.41, 5.74) is 0. The van der Waals surface area contributed by atoms with Crippen molar-refractivity contribution in [2.45, 2.75) is 13.8 Å². The SMILES string of the molecule is CC(=O)NC(C)=O.O=[NH+][O-].[CH]=O. The van der Waals surface area contributed by atoms with E-state index in [0.717, 1.165) is 0 Å². The van der Waals surface area contributed by atoms with Crippen LogP contribution in [0.25, 0.3) is 0 Å². The smallest absolute Gasteiger partial charge is 0.223 e. The zero-order chi connectivity index (χ0) is 10.6. The molecule has 0 saturated carbocycles. The molecular weight excluding hydrogens is 168 g/mol. The number of hydrogen-bond acceptors (Lipinski definition) is 5. The van der Waals surface area contributed by atoms with Gasteiger partial charge >= 0.3 is 0 Å². The minimum absolute atomic E-state index is 0.250. The van der Waals surface area contributed by atoms with Crippen LogP contribution in [0.4, 0.5) is 0 Å². The van der Waals surface area contributed by atoms with E-state index in [1.165, 1.54) is 13.8 Å². The molecule has 0 aliphatic rings. The maximum absolute atomic E-state index is 9.92. The lowest BCUT2D eigenvalue weighted by atomic mass is 10.6. The van der Waals surface area contributed by atoms with E-state index in [9.17, 15) is 9.59 Å². The zero-order valence-electron chi connectivity index (χ0n) is 6.62. The van der Waals surface area contributed by atoms with Crippen molar-refractivity contribution in [3.05, 3.63) is 10.1 Å². The minimum Gasteiger partial charge on any atom is -0.297 e. The highest BCUT2D eigenvalue weighted by Crippen LogP contribution is 1.58. The molecule has 0 rings (SSSR count). The molecule has 0 fully saturated rings. The van der Waals surface area contributed by atoms with Crippen molar-refractivity contribution in [1.29, 1.82) is 0 Å². The van der Waals surface area contributed by atoms with Crippen LogP contribution < -0.4 is 10.7 Å². The highest BCUT2D eigenvalue weighted by atomic mass is 16.6. The Balaban J connectivity index is -0.000000137. The Bertz CT molecular complexity index is 135. The summed E-state index contributed by atoms with van der Waals surface area (Å²) in [6, 6.07) is 0. The lowest BCUT2D eigenvalue weighted by Gasteiger charge is -1.88. The zero-order valence-corrected chi connectivity index (χ0v) is 6.62. The molecule has 2 N–H and O–H groups in total. The van der Waals surface area contributed by atoms with Gasteiger partial charge in [-0.2, -0.15) is 0 Å². The standard InChI is InChI=1S/C4H7NO2.CHO.HNO2/c1-3(6)5-4(2)7;1-2;2-1-3/h1-2H3,(H,5,6,7);1H;1H. The Morgan fingerprint density at radius 3 is 1.42 bits per heavy atom. The molecule has 0 aliphatic heterocycles. The van der Waals surface area contributed by atoms with Crippen molar-refractivity contribution in [2.24, 2.45) is 0 Å². The third-order valence-corrected chi connectivity index (χ3v) is 0.352.